The minimum atomic E-state index is 0.445. The predicted octanol–water partition coefficient (Wildman–Crippen LogP) is 2.50. The van der Waals surface area contributed by atoms with Crippen molar-refractivity contribution in [3.63, 3.8) is 0 Å². The van der Waals surface area contributed by atoms with Crippen molar-refractivity contribution in [2.45, 2.75) is 51.3 Å². The summed E-state index contributed by atoms with van der Waals surface area (Å²) in [6, 6.07) is 4.71. The van der Waals surface area contributed by atoms with Gasteiger partial charge in [-0.05, 0) is 31.4 Å². The summed E-state index contributed by atoms with van der Waals surface area (Å²) in [7, 11) is 1.80. The third kappa shape index (κ3) is 2.86. The maximum Gasteiger partial charge on any atom is 0.117 e. The Morgan fingerprint density at radius 3 is 2.81 bits per heavy atom. The molecule has 1 saturated carbocycles. The van der Waals surface area contributed by atoms with Gasteiger partial charge in [-0.25, -0.2) is 0 Å². The molecule has 0 bridgehead atoms. The second-order valence-electron chi connectivity index (χ2n) is 4.47. The van der Waals surface area contributed by atoms with E-state index in [0.29, 0.717) is 12.1 Å². The van der Waals surface area contributed by atoms with Crippen LogP contribution in [0.3, 0.4) is 0 Å². The van der Waals surface area contributed by atoms with Gasteiger partial charge in [-0.3, -0.25) is 0 Å². The number of ether oxygens (including phenoxy) is 1. The molecule has 0 amide bonds. The fourth-order valence-corrected chi connectivity index (χ4v) is 2.29. The van der Waals surface area contributed by atoms with Crippen LogP contribution in [0.25, 0.3) is 0 Å². The lowest BCUT2D eigenvalue weighted by Gasteiger charge is -2.11. The van der Waals surface area contributed by atoms with E-state index in [0.717, 1.165) is 30.9 Å². The molecule has 3 heteroatoms. The molecule has 90 valence electrons. The van der Waals surface area contributed by atoms with Crippen LogP contribution in [0.5, 0.6) is 0 Å². The zero-order valence-corrected chi connectivity index (χ0v) is 10.2. The smallest absolute Gasteiger partial charge is 0.117 e. The van der Waals surface area contributed by atoms with Crippen molar-refractivity contribution in [3.05, 3.63) is 23.7 Å². The molecule has 1 aliphatic carbocycles. The van der Waals surface area contributed by atoms with Crippen molar-refractivity contribution in [2.75, 3.05) is 7.11 Å². The van der Waals surface area contributed by atoms with Crippen molar-refractivity contribution in [2.24, 2.45) is 0 Å². The zero-order chi connectivity index (χ0) is 11.4. The van der Waals surface area contributed by atoms with E-state index in [1.165, 1.54) is 12.8 Å². The molecule has 1 N–H and O–H groups in total. The Morgan fingerprint density at radius 1 is 1.38 bits per heavy atom. The number of rotatable bonds is 5. The first kappa shape index (κ1) is 11.7. The number of furan rings is 1. The molecule has 0 saturated heterocycles. The summed E-state index contributed by atoms with van der Waals surface area (Å²) in [5, 5.41) is 3.53. The Balaban J connectivity index is 1.75. The lowest BCUT2D eigenvalue weighted by Crippen LogP contribution is -2.26. The Bertz CT molecular complexity index is 321. The normalized spacial score (nSPS) is 25.1. The van der Waals surface area contributed by atoms with Gasteiger partial charge in [-0.15, -0.1) is 0 Å². The van der Waals surface area contributed by atoms with E-state index in [4.69, 9.17) is 9.15 Å². The van der Waals surface area contributed by atoms with Gasteiger partial charge in [0.15, 0.2) is 0 Å². The van der Waals surface area contributed by atoms with Crippen molar-refractivity contribution in [3.8, 4) is 0 Å². The van der Waals surface area contributed by atoms with E-state index in [-0.39, 0.29) is 0 Å². The number of nitrogens with one attached hydrogen (secondary N) is 1. The zero-order valence-electron chi connectivity index (χ0n) is 10.2. The van der Waals surface area contributed by atoms with Crippen LogP contribution in [0.1, 0.15) is 37.7 Å². The summed E-state index contributed by atoms with van der Waals surface area (Å²) in [5.41, 5.74) is 0. The molecule has 1 aliphatic rings. The molecule has 2 atom stereocenters. The standard InChI is InChI=1S/C13H21NO2/c1-3-11-6-7-13(16-11)9-14-10-4-5-12(8-10)15-2/h6-7,10,12,14H,3-5,8-9H2,1-2H3. The van der Waals surface area contributed by atoms with Crippen LogP contribution >= 0.6 is 0 Å². The molecule has 2 rings (SSSR count). The van der Waals surface area contributed by atoms with Crippen molar-refractivity contribution in [1.29, 1.82) is 0 Å². The second kappa shape index (κ2) is 5.51. The first-order valence-electron chi connectivity index (χ1n) is 6.15. The molecule has 0 spiro atoms. The molecule has 0 aliphatic heterocycles. The summed E-state index contributed by atoms with van der Waals surface area (Å²) in [5.74, 6) is 2.11. The molecule has 1 aromatic rings. The highest BCUT2D eigenvalue weighted by Crippen LogP contribution is 2.21. The average molecular weight is 223 g/mol. The van der Waals surface area contributed by atoms with Gasteiger partial charge in [0.05, 0.1) is 12.6 Å². The van der Waals surface area contributed by atoms with Crippen LogP contribution in [0.15, 0.2) is 16.5 Å². The Hall–Kier alpha value is -0.800. The van der Waals surface area contributed by atoms with Gasteiger partial charge in [0.25, 0.3) is 0 Å². The molecule has 1 heterocycles. The first-order valence-corrected chi connectivity index (χ1v) is 6.15. The molecule has 2 unspecified atom stereocenters. The maximum atomic E-state index is 5.65. The molecule has 1 aromatic heterocycles. The summed E-state index contributed by atoms with van der Waals surface area (Å²) < 4.78 is 11.0. The fourth-order valence-electron chi connectivity index (χ4n) is 2.29. The van der Waals surface area contributed by atoms with Gasteiger partial charge in [-0.2, -0.15) is 0 Å². The SMILES string of the molecule is CCc1ccc(CNC2CCC(OC)C2)o1. The first-order chi connectivity index (χ1) is 7.81. The average Bonchev–Trinajstić information content (AvgIpc) is 2.95. The predicted molar refractivity (Wildman–Crippen MR) is 63.4 cm³/mol. The van der Waals surface area contributed by atoms with Crippen molar-refractivity contribution >= 4 is 0 Å². The molecule has 0 radical (unpaired) electrons. The molecule has 3 nitrogen and oxygen atoms in total. The molecule has 16 heavy (non-hydrogen) atoms. The third-order valence-electron chi connectivity index (χ3n) is 3.35. The number of hydrogen-bond acceptors (Lipinski definition) is 3. The third-order valence-corrected chi connectivity index (χ3v) is 3.35. The largest absolute Gasteiger partial charge is 0.465 e. The van der Waals surface area contributed by atoms with Gasteiger partial charge >= 0.3 is 0 Å². The van der Waals surface area contributed by atoms with Crippen LogP contribution in [-0.4, -0.2) is 19.3 Å². The van der Waals surface area contributed by atoms with Gasteiger partial charge < -0.3 is 14.5 Å². The van der Waals surface area contributed by atoms with Gasteiger partial charge in [-0.1, -0.05) is 6.92 Å². The van der Waals surface area contributed by atoms with E-state index in [1.807, 2.05) is 0 Å². The summed E-state index contributed by atoms with van der Waals surface area (Å²) in [6.45, 7) is 2.94. The Morgan fingerprint density at radius 2 is 2.19 bits per heavy atom. The molecule has 0 aromatic carbocycles. The summed E-state index contributed by atoms with van der Waals surface area (Å²) in [6.07, 6.45) is 4.92. The monoisotopic (exact) mass is 223 g/mol. The highest BCUT2D eigenvalue weighted by Gasteiger charge is 2.23. The minimum absolute atomic E-state index is 0.445. The van der Waals surface area contributed by atoms with Crippen LogP contribution in [-0.2, 0) is 17.7 Å². The van der Waals surface area contributed by atoms with Gasteiger partial charge in [0.1, 0.15) is 11.5 Å². The van der Waals surface area contributed by atoms with E-state index in [9.17, 15) is 0 Å². The summed E-state index contributed by atoms with van der Waals surface area (Å²) >= 11 is 0. The van der Waals surface area contributed by atoms with Crippen LogP contribution < -0.4 is 5.32 Å². The van der Waals surface area contributed by atoms with E-state index < -0.39 is 0 Å². The van der Waals surface area contributed by atoms with Crippen molar-refractivity contribution in [1.82, 2.24) is 5.32 Å². The highest BCUT2D eigenvalue weighted by atomic mass is 16.5. The van der Waals surface area contributed by atoms with Crippen LogP contribution in [0.2, 0.25) is 0 Å². The molecule has 1 fully saturated rings. The fraction of sp³-hybridized carbons (Fsp3) is 0.692. The van der Waals surface area contributed by atoms with Gasteiger partial charge in [0, 0.05) is 19.6 Å². The van der Waals surface area contributed by atoms with Crippen molar-refractivity contribution < 1.29 is 9.15 Å². The van der Waals surface area contributed by atoms with E-state index in [1.54, 1.807) is 7.11 Å². The summed E-state index contributed by atoms with van der Waals surface area (Å²) in [4.78, 5) is 0. The minimum Gasteiger partial charge on any atom is -0.465 e. The lowest BCUT2D eigenvalue weighted by molar-refractivity contribution is 0.107. The topological polar surface area (TPSA) is 34.4 Å². The second-order valence-corrected chi connectivity index (χ2v) is 4.47. The highest BCUT2D eigenvalue weighted by molar-refractivity contribution is 5.07. The quantitative estimate of drug-likeness (QED) is 0.832. The Kier molecular flexibility index (Phi) is 4.02. The van der Waals surface area contributed by atoms with E-state index >= 15 is 0 Å². The van der Waals surface area contributed by atoms with E-state index in [2.05, 4.69) is 24.4 Å². The molecular formula is C13H21NO2. The number of aryl methyl sites for hydroxylation is 1. The van der Waals surface area contributed by atoms with Crippen LogP contribution in [0.4, 0.5) is 0 Å². The maximum absolute atomic E-state index is 5.65. The van der Waals surface area contributed by atoms with Gasteiger partial charge in [0.2, 0.25) is 0 Å². The van der Waals surface area contributed by atoms with Crippen LogP contribution in [0, 0.1) is 0 Å². The lowest BCUT2D eigenvalue weighted by atomic mass is 10.2. The number of methoxy groups -OCH3 is 1. The Labute approximate surface area is 97.2 Å². The molecular weight excluding hydrogens is 202 g/mol. The number of hydrogen-bond donors (Lipinski definition) is 1.